The zero-order valence-corrected chi connectivity index (χ0v) is 6.00. The second-order valence-electron chi connectivity index (χ2n) is 1.72. The average molecular weight is 149 g/mol. The van der Waals surface area contributed by atoms with Gasteiger partial charge in [0.05, 0.1) is 0 Å². The van der Waals surface area contributed by atoms with Crippen molar-refractivity contribution in [2.24, 2.45) is 16.5 Å². The first-order valence-corrected chi connectivity index (χ1v) is 2.72. The maximum atomic E-state index is 8.36. The van der Waals surface area contributed by atoms with Gasteiger partial charge in [0.1, 0.15) is 23.7 Å². The average Bonchev–Trinajstić information content (AvgIpc) is 1.99. The van der Waals surface area contributed by atoms with E-state index < -0.39 is 0 Å². The summed E-state index contributed by atoms with van der Waals surface area (Å²) in [5.41, 5.74) is 10.2. The Morgan fingerprint density at radius 2 is 1.82 bits per heavy atom. The molecular weight excluding hydrogens is 142 g/mol. The lowest BCUT2D eigenvalue weighted by Gasteiger charge is -1.91. The van der Waals surface area contributed by atoms with Gasteiger partial charge in [0, 0.05) is 0 Å². The van der Waals surface area contributed by atoms with E-state index in [-0.39, 0.29) is 17.2 Å². The van der Waals surface area contributed by atoms with Crippen LogP contribution in [-0.4, -0.2) is 5.71 Å². The molecule has 0 aromatic heterocycles. The molecule has 0 aromatic rings. The number of rotatable bonds is 1. The maximum Gasteiger partial charge on any atom is 0.181 e. The molecule has 0 aromatic carbocycles. The second kappa shape index (κ2) is 3.91. The molecule has 0 fully saturated rings. The van der Waals surface area contributed by atoms with Gasteiger partial charge in [-0.25, -0.2) is 4.99 Å². The summed E-state index contributed by atoms with van der Waals surface area (Å²) in [7, 11) is 0. The summed E-state index contributed by atoms with van der Waals surface area (Å²) < 4.78 is 0. The Morgan fingerprint density at radius 1 is 1.27 bits per heavy atom. The van der Waals surface area contributed by atoms with Gasteiger partial charge in [0.25, 0.3) is 0 Å². The fraction of sp³-hybridized carbons (Fsp3) is 0.167. The van der Waals surface area contributed by atoms with Gasteiger partial charge in [-0.3, -0.25) is 0 Å². The highest BCUT2D eigenvalue weighted by molar-refractivity contribution is 5.97. The molecule has 0 rings (SSSR count). The molecule has 0 aliphatic rings. The lowest BCUT2D eigenvalue weighted by atomic mass is 10.4. The van der Waals surface area contributed by atoms with Crippen LogP contribution in [0.4, 0.5) is 0 Å². The third-order valence-electron chi connectivity index (χ3n) is 0.821. The van der Waals surface area contributed by atoms with Gasteiger partial charge in [-0.15, -0.1) is 0 Å². The van der Waals surface area contributed by atoms with Gasteiger partial charge in [-0.1, -0.05) is 0 Å². The highest BCUT2D eigenvalue weighted by atomic mass is 14.9. The maximum absolute atomic E-state index is 8.36. The van der Waals surface area contributed by atoms with Crippen molar-refractivity contribution in [3.8, 4) is 12.1 Å². The fourth-order valence-corrected chi connectivity index (χ4v) is 0.347. The van der Waals surface area contributed by atoms with Crippen LogP contribution >= 0.6 is 0 Å². The minimum atomic E-state index is -0.179. The molecule has 0 atom stereocenters. The van der Waals surface area contributed by atoms with Crippen molar-refractivity contribution in [1.82, 2.24) is 0 Å². The number of hydrogen-bond donors (Lipinski definition) is 2. The number of aliphatic imine (C=N–C) groups is 1. The number of hydrogen-bond acceptors (Lipinski definition) is 5. The molecule has 4 N–H and O–H groups in total. The second-order valence-corrected chi connectivity index (χ2v) is 1.72. The summed E-state index contributed by atoms with van der Waals surface area (Å²) >= 11 is 0. The summed E-state index contributed by atoms with van der Waals surface area (Å²) in [6.45, 7) is 1.46. The first kappa shape index (κ1) is 8.99. The van der Waals surface area contributed by atoms with E-state index in [2.05, 4.69) is 4.99 Å². The Bertz CT molecular complexity index is 281. The molecule has 0 saturated carbocycles. The molecule has 0 radical (unpaired) electrons. The summed E-state index contributed by atoms with van der Waals surface area (Å²) in [5, 5.41) is 16.6. The van der Waals surface area contributed by atoms with E-state index in [1.54, 1.807) is 12.1 Å². The van der Waals surface area contributed by atoms with Crippen molar-refractivity contribution in [2.45, 2.75) is 6.92 Å². The van der Waals surface area contributed by atoms with Crippen molar-refractivity contribution in [3.63, 3.8) is 0 Å². The minimum Gasteiger partial charge on any atom is -0.383 e. The van der Waals surface area contributed by atoms with Crippen LogP contribution < -0.4 is 11.5 Å². The monoisotopic (exact) mass is 149 g/mol. The Labute approximate surface area is 64.2 Å². The number of allylic oxidation sites excluding steroid dienone is 1. The number of nitriles is 2. The first-order chi connectivity index (χ1) is 5.11. The van der Waals surface area contributed by atoms with E-state index in [0.29, 0.717) is 0 Å². The lowest BCUT2D eigenvalue weighted by molar-refractivity contribution is 1.17. The molecule has 5 heteroatoms. The van der Waals surface area contributed by atoms with E-state index in [9.17, 15) is 0 Å². The van der Waals surface area contributed by atoms with Crippen LogP contribution in [-0.2, 0) is 0 Å². The predicted octanol–water partition coefficient (Wildman–Crippen LogP) is -0.419. The van der Waals surface area contributed by atoms with Gasteiger partial charge in [-0.05, 0) is 6.92 Å². The smallest absolute Gasteiger partial charge is 0.181 e. The highest BCUT2D eigenvalue weighted by Crippen LogP contribution is 1.95. The highest BCUT2D eigenvalue weighted by Gasteiger charge is 1.96. The summed E-state index contributed by atoms with van der Waals surface area (Å²) in [6.07, 6.45) is 0. The molecule has 0 saturated heterocycles. The molecule has 0 spiro atoms. The number of nitrogens with zero attached hydrogens (tertiary/aromatic N) is 3. The normalized spacial score (nSPS) is 9.55. The molecule has 5 nitrogen and oxygen atoms in total. The largest absolute Gasteiger partial charge is 0.383 e. The fourth-order valence-electron chi connectivity index (χ4n) is 0.347. The van der Waals surface area contributed by atoms with Crippen molar-refractivity contribution < 1.29 is 0 Å². The standard InChI is InChI=1S/C6H7N5/c1-4(2-7)11-5(3-8)6(9)10/h9-10H2,1H3. The molecular formula is C6H7N5. The van der Waals surface area contributed by atoms with Gasteiger partial charge in [0.2, 0.25) is 0 Å². The van der Waals surface area contributed by atoms with E-state index in [4.69, 9.17) is 22.0 Å². The van der Waals surface area contributed by atoms with Gasteiger partial charge >= 0.3 is 0 Å². The Hall–Kier alpha value is -2.01. The Kier molecular flexibility index (Phi) is 3.20. The van der Waals surface area contributed by atoms with Gasteiger partial charge < -0.3 is 11.5 Å². The van der Waals surface area contributed by atoms with Crippen molar-refractivity contribution in [1.29, 1.82) is 10.5 Å². The molecule has 56 valence electrons. The van der Waals surface area contributed by atoms with E-state index in [1.165, 1.54) is 6.92 Å². The topological polar surface area (TPSA) is 112 Å². The number of nitrogens with two attached hydrogens (primary N) is 2. The SMILES string of the molecule is CC(C#N)=NC(C#N)=C(N)N. The third-order valence-corrected chi connectivity index (χ3v) is 0.821. The third kappa shape index (κ3) is 2.87. The molecule has 0 bridgehead atoms. The molecule has 0 aliphatic heterocycles. The van der Waals surface area contributed by atoms with Crippen molar-refractivity contribution >= 4 is 5.71 Å². The molecule has 11 heavy (non-hydrogen) atoms. The van der Waals surface area contributed by atoms with Crippen LogP contribution in [0.5, 0.6) is 0 Å². The molecule has 0 unspecified atom stereocenters. The summed E-state index contributed by atoms with van der Waals surface area (Å²) in [6, 6.07) is 3.40. The van der Waals surface area contributed by atoms with Gasteiger partial charge in [0.15, 0.2) is 5.70 Å². The summed E-state index contributed by atoms with van der Waals surface area (Å²) in [5.74, 6) is -0.179. The van der Waals surface area contributed by atoms with Crippen LogP contribution in [0.2, 0.25) is 0 Å². The zero-order valence-electron chi connectivity index (χ0n) is 6.00. The van der Waals surface area contributed by atoms with Crippen LogP contribution in [0, 0.1) is 22.7 Å². The van der Waals surface area contributed by atoms with Crippen LogP contribution in [0.1, 0.15) is 6.92 Å². The molecule has 0 amide bonds. The Balaban J connectivity index is 4.80. The summed E-state index contributed by atoms with van der Waals surface area (Å²) in [4.78, 5) is 3.54. The van der Waals surface area contributed by atoms with E-state index >= 15 is 0 Å². The van der Waals surface area contributed by atoms with Crippen LogP contribution in [0.3, 0.4) is 0 Å². The van der Waals surface area contributed by atoms with E-state index in [1.807, 2.05) is 0 Å². The lowest BCUT2D eigenvalue weighted by Crippen LogP contribution is -2.11. The van der Waals surface area contributed by atoms with Crippen LogP contribution in [0.15, 0.2) is 16.5 Å². The van der Waals surface area contributed by atoms with Crippen molar-refractivity contribution in [2.75, 3.05) is 0 Å². The minimum absolute atomic E-state index is 0.121. The Morgan fingerprint density at radius 3 is 2.09 bits per heavy atom. The first-order valence-electron chi connectivity index (χ1n) is 2.72. The molecule has 0 aliphatic carbocycles. The zero-order chi connectivity index (χ0) is 8.85. The van der Waals surface area contributed by atoms with E-state index in [0.717, 1.165) is 0 Å². The quantitative estimate of drug-likeness (QED) is 0.389. The van der Waals surface area contributed by atoms with Crippen LogP contribution in [0.25, 0.3) is 0 Å². The van der Waals surface area contributed by atoms with Gasteiger partial charge in [-0.2, -0.15) is 10.5 Å². The van der Waals surface area contributed by atoms with Crippen molar-refractivity contribution in [3.05, 3.63) is 11.5 Å². The predicted molar refractivity (Wildman–Crippen MR) is 39.7 cm³/mol. The molecule has 0 heterocycles.